The summed E-state index contributed by atoms with van der Waals surface area (Å²) in [6, 6.07) is 1.83. The third kappa shape index (κ3) is 4.42. The molecule has 3 aliphatic rings. The van der Waals surface area contributed by atoms with E-state index >= 15 is 0 Å². The average Bonchev–Trinajstić information content (AvgIpc) is 2.79. The lowest BCUT2D eigenvalue weighted by molar-refractivity contribution is -0.164. The maximum absolute atomic E-state index is 12.6. The van der Waals surface area contributed by atoms with Crippen LogP contribution < -0.4 is 15.4 Å². The summed E-state index contributed by atoms with van der Waals surface area (Å²) in [4.78, 5) is 33.8. The van der Waals surface area contributed by atoms with Crippen LogP contribution in [0.3, 0.4) is 0 Å². The van der Waals surface area contributed by atoms with E-state index in [-0.39, 0.29) is 24.0 Å². The van der Waals surface area contributed by atoms with Crippen LogP contribution in [0.25, 0.3) is 11.3 Å². The molecule has 3 N–H and O–H groups in total. The summed E-state index contributed by atoms with van der Waals surface area (Å²) >= 11 is 0. The first kappa shape index (κ1) is 21.8. The first-order chi connectivity index (χ1) is 15.9. The van der Waals surface area contributed by atoms with Gasteiger partial charge >= 0.3 is 0 Å². The molecule has 33 heavy (non-hydrogen) atoms. The Hall–Kier alpha value is -3.05. The third-order valence-corrected chi connectivity index (χ3v) is 6.76. The monoisotopic (exact) mass is 455 g/mol. The van der Waals surface area contributed by atoms with Crippen molar-refractivity contribution in [2.75, 3.05) is 44.0 Å². The molecular formula is C22H29N7O4. The van der Waals surface area contributed by atoms with Gasteiger partial charge in [0.1, 0.15) is 11.7 Å². The molecule has 1 saturated heterocycles. The maximum atomic E-state index is 12.6. The van der Waals surface area contributed by atoms with Crippen LogP contribution in [-0.2, 0) is 9.53 Å². The summed E-state index contributed by atoms with van der Waals surface area (Å²) in [5.41, 5.74) is 5.82. The Bertz CT molecular complexity index is 1000. The van der Waals surface area contributed by atoms with Gasteiger partial charge in [-0.3, -0.25) is 4.79 Å². The Morgan fingerprint density at radius 1 is 1.24 bits per heavy atom. The predicted octanol–water partition coefficient (Wildman–Crippen LogP) is 0.636. The normalized spacial score (nSPS) is 23.9. The summed E-state index contributed by atoms with van der Waals surface area (Å²) in [7, 11) is 1.76. The SMILES string of the molecule is CN(C(=O)C1(O)CCC1)[C@H]1C[C@H](Oc2cc(-c3cnc(N)nc3)nc(N3CCOCC3)n2)C1. The number of nitrogens with two attached hydrogens (primary N) is 1. The molecule has 2 aliphatic carbocycles. The maximum Gasteiger partial charge on any atom is 0.254 e. The van der Waals surface area contributed by atoms with E-state index in [1.54, 1.807) is 30.4 Å². The van der Waals surface area contributed by atoms with Crippen molar-refractivity contribution in [1.29, 1.82) is 0 Å². The molecule has 2 saturated carbocycles. The molecule has 0 aromatic carbocycles. The van der Waals surface area contributed by atoms with Crippen LogP contribution in [0.5, 0.6) is 5.88 Å². The van der Waals surface area contributed by atoms with E-state index in [0.29, 0.717) is 69.5 Å². The van der Waals surface area contributed by atoms with Crippen LogP contribution in [-0.4, -0.2) is 86.9 Å². The highest BCUT2D eigenvalue weighted by Crippen LogP contribution is 2.37. The van der Waals surface area contributed by atoms with E-state index in [1.807, 2.05) is 0 Å². The number of nitrogens with zero attached hydrogens (tertiary/aromatic N) is 6. The summed E-state index contributed by atoms with van der Waals surface area (Å²) in [6.07, 6.45) is 6.56. The molecule has 3 heterocycles. The topological polar surface area (TPSA) is 140 Å². The van der Waals surface area contributed by atoms with Crippen molar-refractivity contribution in [1.82, 2.24) is 24.8 Å². The van der Waals surface area contributed by atoms with Gasteiger partial charge in [0.25, 0.3) is 5.91 Å². The molecule has 0 atom stereocenters. The summed E-state index contributed by atoms with van der Waals surface area (Å²) in [5.74, 6) is 1.05. The lowest BCUT2D eigenvalue weighted by atomic mass is 9.78. The molecule has 0 radical (unpaired) electrons. The van der Waals surface area contributed by atoms with Gasteiger partial charge in [0, 0.05) is 63.0 Å². The quantitative estimate of drug-likeness (QED) is 0.637. The van der Waals surface area contributed by atoms with Crippen LogP contribution in [0.2, 0.25) is 0 Å². The van der Waals surface area contributed by atoms with Crippen LogP contribution in [0.4, 0.5) is 11.9 Å². The summed E-state index contributed by atoms with van der Waals surface area (Å²) in [5, 5.41) is 10.4. The number of nitrogen functional groups attached to an aromatic ring is 1. The van der Waals surface area contributed by atoms with Crippen molar-refractivity contribution in [2.24, 2.45) is 0 Å². The molecule has 2 aromatic rings. The zero-order valence-corrected chi connectivity index (χ0v) is 18.7. The van der Waals surface area contributed by atoms with E-state index in [2.05, 4.69) is 19.9 Å². The molecule has 5 rings (SSSR count). The predicted molar refractivity (Wildman–Crippen MR) is 120 cm³/mol. The molecular weight excluding hydrogens is 426 g/mol. The van der Waals surface area contributed by atoms with Crippen molar-refractivity contribution in [3.63, 3.8) is 0 Å². The Morgan fingerprint density at radius 2 is 1.94 bits per heavy atom. The van der Waals surface area contributed by atoms with Crippen molar-refractivity contribution >= 4 is 17.8 Å². The minimum Gasteiger partial charge on any atom is -0.474 e. The first-order valence-electron chi connectivity index (χ1n) is 11.4. The number of morpholine rings is 1. The average molecular weight is 456 g/mol. The first-order valence-corrected chi connectivity index (χ1v) is 11.4. The van der Waals surface area contributed by atoms with Gasteiger partial charge in [0.05, 0.1) is 18.9 Å². The van der Waals surface area contributed by atoms with Gasteiger partial charge in [0.2, 0.25) is 17.8 Å². The number of rotatable bonds is 6. The molecule has 0 spiro atoms. The summed E-state index contributed by atoms with van der Waals surface area (Å²) < 4.78 is 11.6. The lowest BCUT2D eigenvalue weighted by Gasteiger charge is -2.45. The van der Waals surface area contributed by atoms with Crippen LogP contribution in [0, 0.1) is 0 Å². The number of aliphatic hydroxyl groups is 1. The second-order valence-electron chi connectivity index (χ2n) is 8.99. The fourth-order valence-corrected chi connectivity index (χ4v) is 4.34. The summed E-state index contributed by atoms with van der Waals surface area (Å²) in [6.45, 7) is 2.63. The molecule has 1 amide bonds. The largest absolute Gasteiger partial charge is 0.474 e. The Morgan fingerprint density at radius 3 is 2.58 bits per heavy atom. The van der Waals surface area contributed by atoms with E-state index in [0.717, 1.165) is 12.0 Å². The molecule has 3 fully saturated rings. The molecule has 176 valence electrons. The highest BCUT2D eigenvalue weighted by atomic mass is 16.5. The third-order valence-electron chi connectivity index (χ3n) is 6.76. The Labute approximate surface area is 192 Å². The van der Waals surface area contributed by atoms with Gasteiger partial charge in [-0.25, -0.2) is 15.0 Å². The van der Waals surface area contributed by atoms with Crippen LogP contribution >= 0.6 is 0 Å². The van der Waals surface area contributed by atoms with Gasteiger partial charge in [-0.2, -0.15) is 4.98 Å². The van der Waals surface area contributed by atoms with Crippen molar-refractivity contribution in [3.8, 4) is 17.1 Å². The van der Waals surface area contributed by atoms with E-state index in [9.17, 15) is 9.90 Å². The van der Waals surface area contributed by atoms with Crippen LogP contribution in [0.15, 0.2) is 18.5 Å². The zero-order valence-electron chi connectivity index (χ0n) is 18.7. The second-order valence-corrected chi connectivity index (χ2v) is 8.99. The number of anilines is 2. The zero-order chi connectivity index (χ0) is 23.0. The van der Waals surface area contributed by atoms with Crippen LogP contribution in [0.1, 0.15) is 32.1 Å². The van der Waals surface area contributed by atoms with Gasteiger partial charge in [0.15, 0.2) is 0 Å². The standard InChI is InChI=1S/C22H29N7O4/c1-28(19(30)22(31)3-2-4-22)15-9-16(10-15)33-18-11-17(14-12-24-20(23)25-13-14)26-21(27-18)29-5-7-32-8-6-29/h11-13,15-16,31H,2-10H2,1H3,(H2,23,24,25)/t15-,16-. The highest BCUT2D eigenvalue weighted by Gasteiger charge is 2.47. The fourth-order valence-electron chi connectivity index (χ4n) is 4.34. The van der Waals surface area contributed by atoms with Crippen molar-refractivity contribution in [3.05, 3.63) is 18.5 Å². The smallest absolute Gasteiger partial charge is 0.254 e. The molecule has 2 aromatic heterocycles. The number of hydrogen-bond acceptors (Lipinski definition) is 10. The minimum atomic E-state index is -1.17. The molecule has 11 heteroatoms. The number of hydrogen-bond donors (Lipinski definition) is 2. The van der Waals surface area contributed by atoms with E-state index < -0.39 is 5.60 Å². The Kier molecular flexibility index (Phi) is 5.75. The minimum absolute atomic E-state index is 0.0534. The molecule has 0 unspecified atom stereocenters. The number of aromatic nitrogens is 4. The fraction of sp³-hybridized carbons (Fsp3) is 0.591. The van der Waals surface area contributed by atoms with E-state index in [1.165, 1.54) is 0 Å². The lowest BCUT2D eigenvalue weighted by Crippen LogP contribution is -2.58. The molecule has 11 nitrogen and oxygen atoms in total. The van der Waals surface area contributed by atoms with Gasteiger partial charge in [-0.05, 0) is 19.3 Å². The van der Waals surface area contributed by atoms with Gasteiger partial charge < -0.3 is 30.1 Å². The number of ether oxygens (including phenoxy) is 2. The van der Waals surface area contributed by atoms with Crippen molar-refractivity contribution < 1.29 is 19.4 Å². The van der Waals surface area contributed by atoms with Gasteiger partial charge in [-0.15, -0.1) is 0 Å². The number of amides is 1. The Balaban J connectivity index is 1.30. The highest BCUT2D eigenvalue weighted by molar-refractivity contribution is 5.86. The molecule has 1 aliphatic heterocycles. The second kappa shape index (κ2) is 8.71. The van der Waals surface area contributed by atoms with Crippen molar-refractivity contribution in [2.45, 2.75) is 49.9 Å². The molecule has 0 bridgehead atoms. The number of carbonyl (C=O) groups excluding carboxylic acids is 1. The van der Waals surface area contributed by atoms with E-state index in [4.69, 9.17) is 20.2 Å². The number of carbonyl (C=O) groups is 1. The van der Waals surface area contributed by atoms with Gasteiger partial charge in [-0.1, -0.05) is 0 Å². The number of likely N-dealkylation sites (N-methyl/N-ethyl adjacent to an activating group) is 1.